The highest BCUT2D eigenvalue weighted by molar-refractivity contribution is 6.33. The van der Waals surface area contributed by atoms with E-state index in [0.717, 1.165) is 28.5 Å². The molecule has 0 aliphatic carbocycles. The lowest BCUT2D eigenvalue weighted by molar-refractivity contribution is 0.756. The van der Waals surface area contributed by atoms with Gasteiger partial charge in [-0.15, -0.1) is 0 Å². The van der Waals surface area contributed by atoms with E-state index in [2.05, 4.69) is 10.4 Å². The zero-order chi connectivity index (χ0) is 12.4. The molecule has 2 aromatic rings. The summed E-state index contributed by atoms with van der Waals surface area (Å²) in [5.74, 6) is 0. The molecule has 0 unspecified atom stereocenters. The third-order valence-corrected chi connectivity index (χ3v) is 3.11. The summed E-state index contributed by atoms with van der Waals surface area (Å²) in [5, 5.41) is 8.43. The predicted octanol–water partition coefficient (Wildman–Crippen LogP) is 3.30. The second-order valence-corrected chi connectivity index (χ2v) is 4.61. The average molecular weight is 250 g/mol. The summed E-state index contributed by atoms with van der Waals surface area (Å²) in [7, 11) is 1.93. The van der Waals surface area contributed by atoms with Crippen LogP contribution in [0.2, 0.25) is 5.02 Å². The molecule has 3 nitrogen and oxygen atoms in total. The number of hydrogen-bond acceptors (Lipinski definition) is 2. The summed E-state index contributed by atoms with van der Waals surface area (Å²) in [6.45, 7) is 4.80. The quantitative estimate of drug-likeness (QED) is 0.905. The summed E-state index contributed by atoms with van der Waals surface area (Å²) < 4.78 is 1.83. The monoisotopic (exact) mass is 249 g/mol. The van der Waals surface area contributed by atoms with Crippen LogP contribution >= 0.6 is 11.6 Å². The molecule has 0 atom stereocenters. The number of rotatable bonds is 3. The Morgan fingerprint density at radius 3 is 2.71 bits per heavy atom. The summed E-state index contributed by atoms with van der Waals surface area (Å²) in [5.41, 5.74) is 4.38. The maximum absolute atomic E-state index is 6.16. The van der Waals surface area contributed by atoms with Gasteiger partial charge in [0, 0.05) is 25.4 Å². The molecular formula is C13H16ClN3. The van der Waals surface area contributed by atoms with E-state index in [1.54, 1.807) is 0 Å². The number of nitrogens with one attached hydrogen (secondary N) is 1. The molecule has 0 saturated heterocycles. The van der Waals surface area contributed by atoms with Crippen molar-refractivity contribution in [2.75, 3.05) is 5.32 Å². The first kappa shape index (κ1) is 12.0. The molecule has 0 bridgehead atoms. The van der Waals surface area contributed by atoms with Crippen molar-refractivity contribution < 1.29 is 0 Å². The van der Waals surface area contributed by atoms with Crippen LogP contribution in [0, 0.1) is 13.8 Å². The topological polar surface area (TPSA) is 29.9 Å². The Morgan fingerprint density at radius 2 is 2.12 bits per heavy atom. The second kappa shape index (κ2) is 4.80. The van der Waals surface area contributed by atoms with Gasteiger partial charge in [0.05, 0.1) is 16.4 Å². The molecular weight excluding hydrogens is 234 g/mol. The Bertz CT molecular complexity index is 511. The zero-order valence-electron chi connectivity index (χ0n) is 10.3. The highest BCUT2D eigenvalue weighted by Gasteiger charge is 2.06. The summed E-state index contributed by atoms with van der Waals surface area (Å²) in [6, 6.07) is 5.90. The van der Waals surface area contributed by atoms with Crippen molar-refractivity contribution >= 4 is 17.3 Å². The maximum atomic E-state index is 6.16. The van der Waals surface area contributed by atoms with Gasteiger partial charge in [-0.3, -0.25) is 4.68 Å². The maximum Gasteiger partial charge on any atom is 0.0643 e. The Morgan fingerprint density at radius 1 is 1.35 bits per heavy atom. The lowest BCUT2D eigenvalue weighted by Crippen LogP contribution is -2.02. The van der Waals surface area contributed by atoms with E-state index in [9.17, 15) is 0 Å². The third-order valence-electron chi connectivity index (χ3n) is 2.79. The molecule has 1 heterocycles. The first-order valence-corrected chi connectivity index (χ1v) is 5.94. The van der Waals surface area contributed by atoms with E-state index in [1.807, 2.05) is 50.0 Å². The van der Waals surface area contributed by atoms with Crippen molar-refractivity contribution in [3.63, 3.8) is 0 Å². The van der Waals surface area contributed by atoms with Crippen molar-refractivity contribution in [2.45, 2.75) is 20.4 Å². The highest BCUT2D eigenvalue weighted by atomic mass is 35.5. The van der Waals surface area contributed by atoms with E-state index in [1.165, 1.54) is 5.56 Å². The molecule has 0 radical (unpaired) electrons. The van der Waals surface area contributed by atoms with E-state index < -0.39 is 0 Å². The minimum atomic E-state index is 0.740. The molecule has 0 aliphatic heterocycles. The van der Waals surface area contributed by atoms with E-state index in [4.69, 9.17) is 11.6 Å². The molecule has 0 spiro atoms. The van der Waals surface area contributed by atoms with Gasteiger partial charge in [0.2, 0.25) is 0 Å². The van der Waals surface area contributed by atoms with Crippen LogP contribution in [0.1, 0.15) is 16.8 Å². The molecule has 1 aromatic heterocycles. The van der Waals surface area contributed by atoms with Crippen LogP contribution in [-0.4, -0.2) is 9.78 Å². The fraction of sp³-hybridized carbons (Fsp3) is 0.308. The molecule has 90 valence electrons. The van der Waals surface area contributed by atoms with E-state index in [0.29, 0.717) is 0 Å². The number of para-hydroxylation sites is 1. The number of aromatic nitrogens is 2. The van der Waals surface area contributed by atoms with Gasteiger partial charge in [-0.25, -0.2) is 0 Å². The number of halogens is 1. The SMILES string of the molecule is Cc1cccc(Cl)c1NCc1cn(C)nc1C. The van der Waals surface area contributed by atoms with Gasteiger partial charge in [0.15, 0.2) is 0 Å². The number of benzene rings is 1. The summed E-state index contributed by atoms with van der Waals surface area (Å²) >= 11 is 6.16. The Labute approximate surface area is 106 Å². The van der Waals surface area contributed by atoms with Crippen LogP contribution in [-0.2, 0) is 13.6 Å². The number of aryl methyl sites for hydroxylation is 3. The van der Waals surface area contributed by atoms with Crippen LogP contribution in [0.3, 0.4) is 0 Å². The molecule has 1 N–H and O–H groups in total. The minimum Gasteiger partial charge on any atom is -0.379 e. The van der Waals surface area contributed by atoms with Crippen molar-refractivity contribution in [3.8, 4) is 0 Å². The van der Waals surface area contributed by atoms with Gasteiger partial charge >= 0.3 is 0 Å². The lowest BCUT2D eigenvalue weighted by atomic mass is 10.2. The van der Waals surface area contributed by atoms with Gasteiger partial charge < -0.3 is 5.32 Å². The molecule has 0 saturated carbocycles. The van der Waals surface area contributed by atoms with Gasteiger partial charge in [0.1, 0.15) is 0 Å². The van der Waals surface area contributed by atoms with Crippen LogP contribution < -0.4 is 5.32 Å². The van der Waals surface area contributed by atoms with Crippen molar-refractivity contribution in [3.05, 3.63) is 46.2 Å². The Hall–Kier alpha value is -1.48. The van der Waals surface area contributed by atoms with Gasteiger partial charge in [-0.1, -0.05) is 23.7 Å². The molecule has 0 aliphatic rings. The summed E-state index contributed by atoms with van der Waals surface area (Å²) in [6.07, 6.45) is 2.02. The minimum absolute atomic E-state index is 0.740. The zero-order valence-corrected chi connectivity index (χ0v) is 11.0. The molecule has 0 amide bonds. The number of nitrogens with zero attached hydrogens (tertiary/aromatic N) is 2. The molecule has 17 heavy (non-hydrogen) atoms. The second-order valence-electron chi connectivity index (χ2n) is 4.20. The molecule has 2 rings (SSSR count). The first-order chi connectivity index (χ1) is 8.08. The summed E-state index contributed by atoms with van der Waals surface area (Å²) in [4.78, 5) is 0. The van der Waals surface area contributed by atoms with Gasteiger partial charge in [-0.05, 0) is 25.5 Å². The fourth-order valence-corrected chi connectivity index (χ4v) is 2.15. The van der Waals surface area contributed by atoms with Crippen LogP contribution in [0.25, 0.3) is 0 Å². The van der Waals surface area contributed by atoms with Crippen LogP contribution in [0.5, 0.6) is 0 Å². The number of anilines is 1. The normalized spacial score (nSPS) is 10.6. The molecule has 1 aromatic carbocycles. The highest BCUT2D eigenvalue weighted by Crippen LogP contribution is 2.25. The number of hydrogen-bond donors (Lipinski definition) is 1. The Kier molecular flexibility index (Phi) is 3.38. The van der Waals surface area contributed by atoms with Gasteiger partial charge in [0.25, 0.3) is 0 Å². The third kappa shape index (κ3) is 2.61. The molecule has 0 fully saturated rings. The van der Waals surface area contributed by atoms with Crippen LogP contribution in [0.15, 0.2) is 24.4 Å². The predicted molar refractivity (Wildman–Crippen MR) is 71.5 cm³/mol. The lowest BCUT2D eigenvalue weighted by Gasteiger charge is -2.10. The van der Waals surface area contributed by atoms with E-state index in [-0.39, 0.29) is 0 Å². The average Bonchev–Trinajstić information content (AvgIpc) is 2.57. The smallest absolute Gasteiger partial charge is 0.0643 e. The Balaban J connectivity index is 2.15. The molecule has 4 heteroatoms. The first-order valence-electron chi connectivity index (χ1n) is 5.56. The van der Waals surface area contributed by atoms with E-state index >= 15 is 0 Å². The van der Waals surface area contributed by atoms with Crippen LogP contribution in [0.4, 0.5) is 5.69 Å². The van der Waals surface area contributed by atoms with Gasteiger partial charge in [-0.2, -0.15) is 5.10 Å². The largest absolute Gasteiger partial charge is 0.379 e. The van der Waals surface area contributed by atoms with Crippen molar-refractivity contribution in [1.29, 1.82) is 0 Å². The standard InChI is InChI=1S/C13H16ClN3/c1-9-5-4-6-12(14)13(9)15-7-11-8-17(3)16-10(11)2/h4-6,8,15H,7H2,1-3H3. The fourth-order valence-electron chi connectivity index (χ4n) is 1.86. The van der Waals surface area contributed by atoms with Crippen molar-refractivity contribution in [2.24, 2.45) is 7.05 Å². The van der Waals surface area contributed by atoms with Crippen molar-refractivity contribution in [1.82, 2.24) is 9.78 Å².